The second-order valence-electron chi connectivity index (χ2n) is 4.57. The molecule has 1 fully saturated rings. The third-order valence-corrected chi connectivity index (χ3v) is 3.15. The Morgan fingerprint density at radius 2 is 2.25 bits per heavy atom. The van der Waals surface area contributed by atoms with Gasteiger partial charge < -0.3 is 10.6 Å². The molecule has 0 aliphatic carbocycles. The molecule has 1 saturated heterocycles. The average Bonchev–Trinajstić information content (AvgIpc) is 2.61. The molecular formula is C11H15N5. The van der Waals surface area contributed by atoms with Gasteiger partial charge in [-0.1, -0.05) is 11.3 Å². The number of hydrogen-bond acceptors (Lipinski definition) is 4. The first-order chi connectivity index (χ1) is 7.74. The van der Waals surface area contributed by atoms with Gasteiger partial charge in [0.05, 0.1) is 11.2 Å². The Balaban J connectivity index is 1.90. The molecule has 1 aliphatic rings. The fraction of sp³-hybridized carbons (Fsp3) is 0.455. The molecule has 3 rings (SSSR count). The minimum atomic E-state index is 0.691. The van der Waals surface area contributed by atoms with Crippen LogP contribution in [0.3, 0.4) is 0 Å². The summed E-state index contributed by atoms with van der Waals surface area (Å²) in [6, 6.07) is 5.83. The summed E-state index contributed by atoms with van der Waals surface area (Å²) in [5.41, 5.74) is 8.40. The van der Waals surface area contributed by atoms with Crippen LogP contribution >= 0.6 is 0 Å². The van der Waals surface area contributed by atoms with E-state index in [0.29, 0.717) is 11.6 Å². The van der Waals surface area contributed by atoms with E-state index in [-0.39, 0.29) is 0 Å². The van der Waals surface area contributed by atoms with E-state index in [4.69, 9.17) is 5.73 Å². The molecule has 0 bridgehead atoms. The molecule has 2 aromatic rings. The first-order valence-corrected chi connectivity index (χ1v) is 5.50. The Bertz CT molecular complexity index is 512. The number of likely N-dealkylation sites (tertiary alicyclic amines) is 1. The van der Waals surface area contributed by atoms with E-state index in [2.05, 4.69) is 22.3 Å². The number of rotatable bonds is 2. The summed E-state index contributed by atoms with van der Waals surface area (Å²) >= 11 is 0. The van der Waals surface area contributed by atoms with Crippen molar-refractivity contribution in [3.05, 3.63) is 18.2 Å². The Labute approximate surface area is 93.8 Å². The van der Waals surface area contributed by atoms with Gasteiger partial charge in [0.15, 0.2) is 0 Å². The monoisotopic (exact) mass is 217 g/mol. The number of benzene rings is 1. The molecule has 1 aromatic heterocycles. The second-order valence-corrected chi connectivity index (χ2v) is 4.57. The predicted octanol–water partition coefficient (Wildman–Crippen LogP) is 0.575. The summed E-state index contributed by atoms with van der Waals surface area (Å²) in [4.78, 5) is 2.30. The van der Waals surface area contributed by atoms with Crippen molar-refractivity contribution in [2.45, 2.75) is 6.54 Å². The number of hydrogen-bond donors (Lipinski definition) is 1. The van der Waals surface area contributed by atoms with Gasteiger partial charge in [-0.2, -0.15) is 0 Å². The second kappa shape index (κ2) is 3.45. The lowest BCUT2D eigenvalue weighted by molar-refractivity contribution is 0.116. The molecular weight excluding hydrogens is 202 g/mol. The topological polar surface area (TPSA) is 60.0 Å². The van der Waals surface area contributed by atoms with Crippen molar-refractivity contribution in [3.8, 4) is 0 Å². The van der Waals surface area contributed by atoms with Gasteiger partial charge >= 0.3 is 0 Å². The van der Waals surface area contributed by atoms with Crippen molar-refractivity contribution in [1.29, 1.82) is 0 Å². The highest BCUT2D eigenvalue weighted by atomic mass is 15.4. The van der Waals surface area contributed by atoms with Crippen molar-refractivity contribution < 1.29 is 0 Å². The largest absolute Gasteiger partial charge is 0.397 e. The summed E-state index contributed by atoms with van der Waals surface area (Å²) in [5, 5.41) is 8.29. The lowest BCUT2D eigenvalue weighted by atomic mass is 10.0. The van der Waals surface area contributed by atoms with Gasteiger partial charge in [-0.3, -0.25) is 0 Å². The number of anilines is 1. The Morgan fingerprint density at radius 3 is 3.00 bits per heavy atom. The normalized spacial score (nSPS) is 17.8. The van der Waals surface area contributed by atoms with Crippen LogP contribution in [0.5, 0.6) is 0 Å². The standard InChI is InChI=1S/C11H15N5/c1-15-5-8(6-15)7-16-10-4-2-3-9(12)11(10)13-14-16/h2-4,8H,5-7,12H2,1H3. The minimum absolute atomic E-state index is 0.691. The number of nitrogens with zero attached hydrogens (tertiary/aromatic N) is 4. The van der Waals surface area contributed by atoms with Gasteiger partial charge in [-0.15, -0.1) is 5.10 Å². The third-order valence-electron chi connectivity index (χ3n) is 3.15. The molecule has 0 radical (unpaired) electrons. The van der Waals surface area contributed by atoms with Gasteiger partial charge in [0, 0.05) is 25.6 Å². The van der Waals surface area contributed by atoms with E-state index in [1.807, 2.05) is 22.9 Å². The zero-order valence-corrected chi connectivity index (χ0v) is 9.30. The Hall–Kier alpha value is -1.62. The van der Waals surface area contributed by atoms with Crippen LogP contribution in [0, 0.1) is 5.92 Å². The SMILES string of the molecule is CN1CC(Cn2nnc3c(N)cccc32)C1. The molecule has 0 unspecified atom stereocenters. The van der Waals surface area contributed by atoms with Gasteiger partial charge in [0.25, 0.3) is 0 Å². The van der Waals surface area contributed by atoms with E-state index in [1.165, 1.54) is 0 Å². The van der Waals surface area contributed by atoms with Gasteiger partial charge in [0.2, 0.25) is 0 Å². The Kier molecular flexibility index (Phi) is 2.07. The molecule has 2 N–H and O–H groups in total. The van der Waals surface area contributed by atoms with Crippen LogP contribution < -0.4 is 5.73 Å². The summed E-state index contributed by atoms with van der Waals surface area (Å²) < 4.78 is 1.96. The molecule has 1 aromatic carbocycles. The lowest BCUT2D eigenvalue weighted by Gasteiger charge is -2.35. The fourth-order valence-electron chi connectivity index (χ4n) is 2.34. The minimum Gasteiger partial charge on any atom is -0.397 e. The molecule has 5 heteroatoms. The number of nitrogen functional groups attached to an aromatic ring is 1. The first kappa shape index (κ1) is 9.59. The Morgan fingerprint density at radius 1 is 1.44 bits per heavy atom. The fourth-order valence-corrected chi connectivity index (χ4v) is 2.34. The van der Waals surface area contributed by atoms with Crippen molar-refractivity contribution in [1.82, 2.24) is 19.9 Å². The van der Waals surface area contributed by atoms with Crippen LogP contribution in [0.25, 0.3) is 11.0 Å². The van der Waals surface area contributed by atoms with E-state index < -0.39 is 0 Å². The van der Waals surface area contributed by atoms with Crippen molar-refractivity contribution in [3.63, 3.8) is 0 Å². The molecule has 1 aliphatic heterocycles. The molecule has 16 heavy (non-hydrogen) atoms. The highest BCUT2D eigenvalue weighted by molar-refractivity contribution is 5.86. The zero-order valence-electron chi connectivity index (χ0n) is 9.30. The van der Waals surface area contributed by atoms with Crippen LogP contribution in [-0.2, 0) is 6.54 Å². The molecule has 0 spiro atoms. The molecule has 84 valence electrons. The summed E-state index contributed by atoms with van der Waals surface area (Å²) in [6.07, 6.45) is 0. The lowest BCUT2D eigenvalue weighted by Crippen LogP contribution is -2.45. The predicted molar refractivity (Wildman–Crippen MR) is 62.9 cm³/mol. The first-order valence-electron chi connectivity index (χ1n) is 5.50. The molecule has 2 heterocycles. The van der Waals surface area contributed by atoms with E-state index in [0.717, 1.165) is 30.7 Å². The van der Waals surface area contributed by atoms with Crippen LogP contribution in [0.1, 0.15) is 0 Å². The van der Waals surface area contributed by atoms with Gasteiger partial charge in [-0.05, 0) is 19.2 Å². The van der Waals surface area contributed by atoms with E-state index >= 15 is 0 Å². The van der Waals surface area contributed by atoms with Crippen LogP contribution in [-0.4, -0.2) is 40.0 Å². The van der Waals surface area contributed by atoms with Crippen LogP contribution in [0.4, 0.5) is 5.69 Å². The van der Waals surface area contributed by atoms with E-state index in [1.54, 1.807) is 0 Å². The highest BCUT2D eigenvalue weighted by Crippen LogP contribution is 2.20. The van der Waals surface area contributed by atoms with Crippen LogP contribution in [0.15, 0.2) is 18.2 Å². The molecule has 0 atom stereocenters. The third kappa shape index (κ3) is 1.44. The smallest absolute Gasteiger partial charge is 0.136 e. The highest BCUT2D eigenvalue weighted by Gasteiger charge is 2.24. The maximum absolute atomic E-state index is 5.84. The molecule has 0 amide bonds. The summed E-state index contributed by atoms with van der Waals surface area (Å²) in [7, 11) is 2.13. The van der Waals surface area contributed by atoms with E-state index in [9.17, 15) is 0 Å². The van der Waals surface area contributed by atoms with Crippen molar-refractivity contribution in [2.75, 3.05) is 25.9 Å². The summed E-state index contributed by atoms with van der Waals surface area (Å²) in [5.74, 6) is 0.691. The molecule has 0 saturated carbocycles. The summed E-state index contributed by atoms with van der Waals surface area (Å²) in [6.45, 7) is 3.22. The van der Waals surface area contributed by atoms with Crippen LogP contribution in [0.2, 0.25) is 0 Å². The van der Waals surface area contributed by atoms with Crippen molar-refractivity contribution >= 4 is 16.7 Å². The number of aromatic nitrogens is 3. The zero-order chi connectivity index (χ0) is 11.1. The number of fused-ring (bicyclic) bond motifs is 1. The maximum atomic E-state index is 5.84. The molecule has 5 nitrogen and oxygen atoms in total. The number of nitrogens with two attached hydrogens (primary N) is 1. The van der Waals surface area contributed by atoms with Gasteiger partial charge in [-0.25, -0.2) is 4.68 Å². The average molecular weight is 217 g/mol. The van der Waals surface area contributed by atoms with Crippen molar-refractivity contribution in [2.24, 2.45) is 5.92 Å². The maximum Gasteiger partial charge on any atom is 0.136 e. The van der Waals surface area contributed by atoms with Gasteiger partial charge in [0.1, 0.15) is 5.52 Å². The quantitative estimate of drug-likeness (QED) is 0.747.